The van der Waals surface area contributed by atoms with Gasteiger partial charge in [-0.05, 0) is 53.4 Å². The molecule has 0 bridgehead atoms. The van der Waals surface area contributed by atoms with Gasteiger partial charge in [0, 0.05) is 13.6 Å². The fourth-order valence-corrected chi connectivity index (χ4v) is 2.55. The third kappa shape index (κ3) is 6.20. The van der Waals surface area contributed by atoms with Gasteiger partial charge in [0.25, 0.3) is 0 Å². The predicted octanol–water partition coefficient (Wildman–Crippen LogP) is -0.216. The molecule has 3 amide bonds. The van der Waals surface area contributed by atoms with Crippen molar-refractivity contribution < 1.29 is 24.2 Å². The number of amides is 3. The summed E-state index contributed by atoms with van der Waals surface area (Å²) in [5, 5.41) is 16.5. The number of hydrogen-bond acceptors (Lipinski definition) is 6. The van der Waals surface area contributed by atoms with Crippen LogP contribution >= 0.6 is 0 Å². The maximum absolute atomic E-state index is 12.5. The smallest absolute Gasteiger partial charge is 0.410 e. The molecule has 1 rings (SSSR count). The highest BCUT2D eigenvalue weighted by Crippen LogP contribution is 2.21. The zero-order chi connectivity index (χ0) is 20.1. The second kappa shape index (κ2) is 8.86. The van der Waals surface area contributed by atoms with E-state index in [0.717, 1.165) is 0 Å². The van der Waals surface area contributed by atoms with Gasteiger partial charge in [0.2, 0.25) is 11.8 Å². The van der Waals surface area contributed by atoms with E-state index in [1.54, 1.807) is 20.8 Å². The summed E-state index contributed by atoms with van der Waals surface area (Å²) in [7, 11) is 1.35. The van der Waals surface area contributed by atoms with E-state index in [1.165, 1.54) is 25.8 Å². The van der Waals surface area contributed by atoms with Gasteiger partial charge in [-0.1, -0.05) is 0 Å². The summed E-state index contributed by atoms with van der Waals surface area (Å²) in [6.07, 6.45) is 0.640. The maximum atomic E-state index is 12.5. The van der Waals surface area contributed by atoms with Crippen molar-refractivity contribution in [2.24, 2.45) is 4.99 Å². The van der Waals surface area contributed by atoms with Crippen LogP contribution in [0.2, 0.25) is 0 Å². The minimum absolute atomic E-state index is 0.421. The molecule has 0 aliphatic carbocycles. The van der Waals surface area contributed by atoms with E-state index >= 15 is 0 Å². The van der Waals surface area contributed by atoms with Crippen LogP contribution in [0.3, 0.4) is 0 Å². The van der Waals surface area contributed by atoms with Crippen LogP contribution in [0.4, 0.5) is 4.79 Å². The monoisotopic (exact) mass is 369 g/mol. The molecule has 2 N–H and O–H groups in total. The fourth-order valence-electron chi connectivity index (χ4n) is 2.55. The van der Waals surface area contributed by atoms with E-state index in [-0.39, 0.29) is 0 Å². The third-order valence-electron chi connectivity index (χ3n) is 3.89. The average Bonchev–Trinajstić information content (AvgIpc) is 3.01. The van der Waals surface area contributed by atoms with Gasteiger partial charge in [-0.15, -0.1) is 0 Å². The first-order valence-electron chi connectivity index (χ1n) is 8.70. The number of rotatable bonds is 5. The molecule has 26 heavy (non-hydrogen) atoms. The van der Waals surface area contributed by atoms with Crippen LogP contribution in [0.5, 0.6) is 0 Å². The number of nitrogens with zero attached hydrogens (tertiary/aromatic N) is 2. The van der Waals surface area contributed by atoms with E-state index < -0.39 is 47.5 Å². The van der Waals surface area contributed by atoms with Gasteiger partial charge in [-0.25, -0.2) is 4.79 Å². The topological polar surface area (TPSA) is 123 Å². The van der Waals surface area contributed by atoms with Crippen LogP contribution < -0.4 is 15.7 Å². The molecule has 0 saturated carbocycles. The Hall–Kier alpha value is -2.32. The first-order chi connectivity index (χ1) is 12.0. The molecule has 0 aromatic heterocycles. The van der Waals surface area contributed by atoms with E-state index in [0.29, 0.717) is 19.4 Å². The quantitative estimate of drug-likeness (QED) is 0.512. The second-order valence-electron chi connectivity index (χ2n) is 7.35. The van der Waals surface area contributed by atoms with E-state index in [4.69, 9.17) is 4.74 Å². The summed E-state index contributed by atoms with van der Waals surface area (Å²) in [4.78, 5) is 41.7. The van der Waals surface area contributed by atoms with Gasteiger partial charge >= 0.3 is 6.09 Å². The number of aliphatic imine (C=N–C) groups is 1. The lowest BCUT2D eigenvalue weighted by molar-refractivity contribution is -0.221. The number of hydrogen-bond donors (Lipinski definition) is 2. The Morgan fingerprint density at radius 2 is 1.81 bits per heavy atom. The van der Waals surface area contributed by atoms with Gasteiger partial charge in [-0.3, -0.25) is 14.5 Å². The van der Waals surface area contributed by atoms with Crippen molar-refractivity contribution >= 4 is 23.8 Å². The normalized spacial score (nSPS) is 20.3. The highest BCUT2D eigenvalue weighted by molar-refractivity contribution is 5.93. The maximum Gasteiger partial charge on any atom is 0.410 e. The van der Waals surface area contributed by atoms with E-state index in [1.807, 2.05) is 0 Å². The number of nitrogens with one attached hydrogen (secondary N) is 2. The van der Waals surface area contributed by atoms with E-state index in [2.05, 4.69) is 15.6 Å². The molecule has 1 fully saturated rings. The van der Waals surface area contributed by atoms with Gasteiger partial charge in [0.15, 0.2) is 0 Å². The van der Waals surface area contributed by atoms with Crippen molar-refractivity contribution in [1.82, 2.24) is 15.5 Å². The van der Waals surface area contributed by atoms with Gasteiger partial charge in [0.05, 0.1) is 6.04 Å². The van der Waals surface area contributed by atoms with Gasteiger partial charge in [0.1, 0.15) is 17.7 Å². The highest BCUT2D eigenvalue weighted by atomic mass is 16.6. The third-order valence-corrected chi connectivity index (χ3v) is 3.89. The summed E-state index contributed by atoms with van der Waals surface area (Å²) in [6, 6.07) is -2.29. The Bertz CT molecular complexity index is 570. The molecular weight excluding hydrogens is 340 g/mol. The molecule has 0 radical (unpaired) electrons. The fraction of sp³-hybridized carbons (Fsp3) is 0.765. The van der Waals surface area contributed by atoms with E-state index in [9.17, 15) is 19.5 Å². The molecule has 148 valence electrons. The number of carbonyl (C=O) groups excluding carboxylic acids is 3. The predicted molar refractivity (Wildman–Crippen MR) is 94.5 cm³/mol. The molecule has 9 heteroatoms. The molecule has 1 aliphatic rings. The molecule has 0 spiro atoms. The van der Waals surface area contributed by atoms with Crippen molar-refractivity contribution in [2.45, 2.75) is 71.2 Å². The van der Waals surface area contributed by atoms with Crippen LogP contribution in [0.1, 0.15) is 47.5 Å². The number of likely N-dealkylation sites (tertiary alicyclic amines) is 1. The lowest BCUT2D eigenvalue weighted by atomic mass is 10.2. The lowest BCUT2D eigenvalue weighted by Crippen LogP contribution is -2.55. The molecule has 1 aliphatic heterocycles. The molecule has 1 heterocycles. The van der Waals surface area contributed by atoms with Crippen molar-refractivity contribution in [3.05, 3.63) is 0 Å². The molecule has 0 aromatic rings. The van der Waals surface area contributed by atoms with Crippen molar-refractivity contribution in [3.8, 4) is 0 Å². The molecule has 9 nitrogen and oxygen atoms in total. The zero-order valence-electron chi connectivity index (χ0n) is 16.3. The number of carbonyl (C=O) groups is 3. The lowest BCUT2D eigenvalue weighted by Gasteiger charge is -2.29. The van der Waals surface area contributed by atoms with Crippen molar-refractivity contribution in [2.75, 3.05) is 13.6 Å². The Kier molecular flexibility index (Phi) is 7.41. The SMILES string of the molecule is CN=C([O-])[C@H](C)NC(=O)[C@H](C)NC(=O)[C@@H]1CCCN1C(=O)OC(C)(C)C. The zero-order valence-corrected chi connectivity index (χ0v) is 16.3. The largest absolute Gasteiger partial charge is 0.861 e. The Labute approximate surface area is 154 Å². The second-order valence-corrected chi connectivity index (χ2v) is 7.35. The molecule has 1 saturated heterocycles. The summed E-state index contributed by atoms with van der Waals surface area (Å²) in [5.74, 6) is -1.37. The van der Waals surface area contributed by atoms with Gasteiger partial charge < -0.3 is 25.5 Å². The Morgan fingerprint density at radius 3 is 2.35 bits per heavy atom. The summed E-state index contributed by atoms with van der Waals surface area (Å²) in [5.41, 5.74) is -0.652. The molecular formula is C17H29N4O5-. The standard InChI is InChI=1S/C17H30N4O5/c1-10(13(22)18-6)19-14(23)11(2)20-15(24)12-8-7-9-21(12)16(25)26-17(3,4)5/h10-12H,7-9H2,1-6H3,(H,18,22)(H,19,23)(H,20,24)/p-1/t10-,11-,12-/m0/s1. The van der Waals surface area contributed by atoms with Crippen LogP contribution in [0.25, 0.3) is 0 Å². The summed E-state index contributed by atoms with van der Waals surface area (Å²) in [6.45, 7) is 8.73. The summed E-state index contributed by atoms with van der Waals surface area (Å²) < 4.78 is 5.33. The highest BCUT2D eigenvalue weighted by Gasteiger charge is 2.37. The van der Waals surface area contributed by atoms with Crippen molar-refractivity contribution in [3.63, 3.8) is 0 Å². The van der Waals surface area contributed by atoms with Crippen LogP contribution in [-0.4, -0.2) is 66.0 Å². The molecule has 0 unspecified atom stereocenters. The first kappa shape index (κ1) is 21.7. The molecule has 0 aromatic carbocycles. The van der Waals surface area contributed by atoms with Crippen LogP contribution in [0, 0.1) is 0 Å². The Balaban J connectivity index is 2.65. The minimum atomic E-state index is -0.851. The average molecular weight is 369 g/mol. The molecule has 3 atom stereocenters. The van der Waals surface area contributed by atoms with Crippen molar-refractivity contribution in [1.29, 1.82) is 0 Å². The van der Waals surface area contributed by atoms with Crippen LogP contribution in [0.15, 0.2) is 4.99 Å². The number of ether oxygens (including phenoxy) is 1. The summed E-state index contributed by atoms with van der Waals surface area (Å²) >= 11 is 0. The first-order valence-corrected chi connectivity index (χ1v) is 8.70. The Morgan fingerprint density at radius 1 is 1.19 bits per heavy atom. The van der Waals surface area contributed by atoms with Crippen LogP contribution in [-0.2, 0) is 14.3 Å². The minimum Gasteiger partial charge on any atom is -0.861 e. The van der Waals surface area contributed by atoms with Gasteiger partial charge in [-0.2, -0.15) is 0 Å².